The maximum absolute atomic E-state index is 13.0. The minimum absolute atomic E-state index is 0.271. The monoisotopic (exact) mass is 390 g/mol. The van der Waals surface area contributed by atoms with E-state index in [2.05, 4.69) is 4.98 Å². The molecule has 0 spiro atoms. The van der Waals surface area contributed by atoms with Gasteiger partial charge in [-0.3, -0.25) is 18.5 Å². The fourth-order valence-electron chi connectivity index (χ4n) is 3.39. The van der Waals surface area contributed by atoms with Crippen molar-refractivity contribution in [3.8, 4) is 11.8 Å². The molecule has 0 N–H and O–H groups in total. The summed E-state index contributed by atoms with van der Waals surface area (Å²) in [5, 5.41) is 0. The number of benzene rings is 2. The quantitative estimate of drug-likeness (QED) is 0.537. The largest absolute Gasteiger partial charge is 0.425 e. The molecule has 4 rings (SSSR count). The van der Waals surface area contributed by atoms with E-state index < -0.39 is 11.2 Å². The molecule has 0 amide bonds. The smallest absolute Gasteiger partial charge is 0.332 e. The summed E-state index contributed by atoms with van der Waals surface area (Å²) in [5.41, 5.74) is 2.99. The Labute approximate surface area is 167 Å². The first-order chi connectivity index (χ1) is 13.9. The average Bonchev–Trinajstić information content (AvgIpc) is 3.04. The maximum Gasteiger partial charge on any atom is 0.332 e. The summed E-state index contributed by atoms with van der Waals surface area (Å²) >= 11 is 0. The highest BCUT2D eigenvalue weighted by Crippen LogP contribution is 2.26. The number of imidazole rings is 1. The lowest BCUT2D eigenvalue weighted by Gasteiger charge is -2.12. The molecule has 7 nitrogen and oxygen atoms in total. The molecule has 0 unspecified atom stereocenters. The number of nitrogens with zero attached hydrogens (tertiary/aromatic N) is 4. The van der Waals surface area contributed by atoms with Gasteiger partial charge in [0.25, 0.3) is 5.56 Å². The second-order valence-electron chi connectivity index (χ2n) is 7.20. The predicted octanol–water partition coefficient (Wildman–Crippen LogP) is 2.89. The third kappa shape index (κ3) is 3.24. The van der Waals surface area contributed by atoms with Crippen LogP contribution in [0.3, 0.4) is 0 Å². The van der Waals surface area contributed by atoms with E-state index in [0.29, 0.717) is 23.5 Å². The molecule has 29 heavy (non-hydrogen) atoms. The molecular formula is C22H22N4O3. The van der Waals surface area contributed by atoms with Gasteiger partial charge in [-0.25, -0.2) is 4.79 Å². The standard InChI is InChI=1S/C22H22N4O3/c1-14-8-7-11-17(12-14)29-21-23-19-18(20(27)25(4)22(28)24(19)3)26(21)13-16-10-6-5-9-15(16)2/h5-12H,13H2,1-4H3. The molecule has 0 aliphatic carbocycles. The number of aryl methyl sites for hydroxylation is 3. The fraction of sp³-hybridized carbons (Fsp3) is 0.227. The summed E-state index contributed by atoms with van der Waals surface area (Å²) in [4.78, 5) is 29.8. The van der Waals surface area contributed by atoms with E-state index in [1.165, 1.54) is 11.6 Å². The summed E-state index contributed by atoms with van der Waals surface area (Å²) in [6.07, 6.45) is 0. The molecule has 2 aromatic heterocycles. The van der Waals surface area contributed by atoms with Crippen LogP contribution in [0.2, 0.25) is 0 Å². The first-order valence-corrected chi connectivity index (χ1v) is 9.32. The van der Waals surface area contributed by atoms with Crippen molar-refractivity contribution in [3.05, 3.63) is 86.1 Å². The molecule has 4 aromatic rings. The van der Waals surface area contributed by atoms with Crippen molar-refractivity contribution in [3.63, 3.8) is 0 Å². The van der Waals surface area contributed by atoms with Crippen molar-refractivity contribution in [1.29, 1.82) is 0 Å². The van der Waals surface area contributed by atoms with Gasteiger partial charge in [-0.1, -0.05) is 36.4 Å². The van der Waals surface area contributed by atoms with E-state index in [4.69, 9.17) is 4.74 Å². The molecule has 7 heteroatoms. The highest BCUT2D eigenvalue weighted by Gasteiger charge is 2.21. The van der Waals surface area contributed by atoms with Crippen LogP contribution >= 0.6 is 0 Å². The lowest BCUT2D eigenvalue weighted by molar-refractivity contribution is 0.420. The highest BCUT2D eigenvalue weighted by molar-refractivity contribution is 5.72. The third-order valence-electron chi connectivity index (χ3n) is 5.10. The van der Waals surface area contributed by atoms with Crippen molar-refractivity contribution >= 4 is 11.2 Å². The van der Waals surface area contributed by atoms with Crippen molar-refractivity contribution < 1.29 is 4.74 Å². The van der Waals surface area contributed by atoms with Crippen LogP contribution in [0.1, 0.15) is 16.7 Å². The zero-order chi connectivity index (χ0) is 20.7. The normalized spacial score (nSPS) is 11.2. The molecule has 2 heterocycles. The second-order valence-corrected chi connectivity index (χ2v) is 7.20. The molecule has 0 aliphatic heterocycles. The Hall–Kier alpha value is -3.61. The summed E-state index contributed by atoms with van der Waals surface area (Å²) < 4.78 is 10.3. The zero-order valence-electron chi connectivity index (χ0n) is 16.8. The molecule has 0 saturated heterocycles. The van der Waals surface area contributed by atoms with E-state index in [-0.39, 0.29) is 6.01 Å². The van der Waals surface area contributed by atoms with Gasteiger partial charge in [0.05, 0.1) is 6.54 Å². The van der Waals surface area contributed by atoms with Crippen LogP contribution in [0.25, 0.3) is 11.2 Å². The Morgan fingerprint density at radius 2 is 1.72 bits per heavy atom. The number of ether oxygens (including phenoxy) is 1. The van der Waals surface area contributed by atoms with Crippen molar-refractivity contribution in [2.45, 2.75) is 20.4 Å². The van der Waals surface area contributed by atoms with Gasteiger partial charge >= 0.3 is 11.7 Å². The van der Waals surface area contributed by atoms with Crippen molar-refractivity contribution in [2.24, 2.45) is 14.1 Å². The Bertz CT molecular complexity index is 1340. The van der Waals surface area contributed by atoms with E-state index in [1.807, 2.05) is 62.4 Å². The van der Waals surface area contributed by atoms with E-state index >= 15 is 0 Å². The van der Waals surface area contributed by atoms with Crippen LogP contribution in [-0.4, -0.2) is 18.7 Å². The zero-order valence-corrected chi connectivity index (χ0v) is 16.8. The molecule has 0 saturated carbocycles. The van der Waals surface area contributed by atoms with Crippen LogP contribution in [-0.2, 0) is 20.6 Å². The lowest BCUT2D eigenvalue weighted by atomic mass is 10.1. The SMILES string of the molecule is Cc1cccc(Oc2nc3c(c(=O)n(C)c(=O)n3C)n2Cc2ccccc2C)c1. The first kappa shape index (κ1) is 18.7. The molecule has 0 atom stereocenters. The molecule has 0 aliphatic rings. The van der Waals surface area contributed by atoms with E-state index in [1.54, 1.807) is 11.6 Å². The van der Waals surface area contributed by atoms with E-state index in [0.717, 1.165) is 21.3 Å². The summed E-state index contributed by atoms with van der Waals surface area (Å²) in [5.74, 6) is 0.619. The van der Waals surface area contributed by atoms with Gasteiger partial charge in [0.2, 0.25) is 0 Å². The third-order valence-corrected chi connectivity index (χ3v) is 5.10. The van der Waals surface area contributed by atoms with Gasteiger partial charge < -0.3 is 4.74 Å². The lowest BCUT2D eigenvalue weighted by Crippen LogP contribution is -2.37. The maximum atomic E-state index is 13.0. The fourth-order valence-corrected chi connectivity index (χ4v) is 3.39. The number of fused-ring (bicyclic) bond motifs is 1. The van der Waals surface area contributed by atoms with Gasteiger partial charge in [-0.15, -0.1) is 0 Å². The topological polar surface area (TPSA) is 71.1 Å². The van der Waals surface area contributed by atoms with Crippen LogP contribution in [0.5, 0.6) is 11.8 Å². The minimum atomic E-state index is -0.426. The number of hydrogen-bond donors (Lipinski definition) is 0. The van der Waals surface area contributed by atoms with Crippen LogP contribution < -0.4 is 16.0 Å². The van der Waals surface area contributed by atoms with Crippen LogP contribution in [0.15, 0.2) is 58.1 Å². The molecule has 0 bridgehead atoms. The minimum Gasteiger partial charge on any atom is -0.425 e. The molecular weight excluding hydrogens is 368 g/mol. The summed E-state index contributed by atoms with van der Waals surface area (Å²) in [6, 6.07) is 15.8. The molecule has 2 aromatic carbocycles. The van der Waals surface area contributed by atoms with Crippen molar-refractivity contribution in [2.75, 3.05) is 0 Å². The van der Waals surface area contributed by atoms with Gasteiger partial charge in [0.15, 0.2) is 11.2 Å². The number of aromatic nitrogens is 4. The number of hydrogen-bond acceptors (Lipinski definition) is 4. The molecule has 148 valence electrons. The van der Waals surface area contributed by atoms with Gasteiger partial charge in [-0.05, 0) is 42.7 Å². The Kier molecular flexibility index (Phi) is 4.58. The molecule has 0 fully saturated rings. The summed E-state index contributed by atoms with van der Waals surface area (Å²) in [6.45, 7) is 4.39. The van der Waals surface area contributed by atoms with Crippen molar-refractivity contribution in [1.82, 2.24) is 18.7 Å². The molecule has 0 radical (unpaired) electrons. The predicted molar refractivity (Wildman–Crippen MR) is 112 cm³/mol. The highest BCUT2D eigenvalue weighted by atomic mass is 16.5. The van der Waals surface area contributed by atoms with Crippen LogP contribution in [0, 0.1) is 13.8 Å². The Morgan fingerprint density at radius 1 is 0.966 bits per heavy atom. The Morgan fingerprint density at radius 3 is 2.45 bits per heavy atom. The van der Waals surface area contributed by atoms with Gasteiger partial charge in [0, 0.05) is 14.1 Å². The summed E-state index contributed by atoms with van der Waals surface area (Å²) in [7, 11) is 3.07. The van der Waals surface area contributed by atoms with Gasteiger partial charge in [0.1, 0.15) is 5.75 Å². The average molecular weight is 390 g/mol. The van der Waals surface area contributed by atoms with Gasteiger partial charge in [-0.2, -0.15) is 4.98 Å². The Balaban J connectivity index is 1.97. The number of rotatable bonds is 4. The first-order valence-electron chi connectivity index (χ1n) is 9.32. The second kappa shape index (κ2) is 7.09. The van der Waals surface area contributed by atoms with E-state index in [9.17, 15) is 9.59 Å². The van der Waals surface area contributed by atoms with Crippen LogP contribution in [0.4, 0.5) is 0 Å².